The van der Waals surface area contributed by atoms with Gasteiger partial charge in [0, 0.05) is 5.69 Å². The molecule has 0 saturated carbocycles. The number of amides is 1. The van der Waals surface area contributed by atoms with Crippen LogP contribution in [0.4, 0.5) is 10.1 Å². The minimum absolute atomic E-state index is 0.140. The predicted octanol–water partition coefficient (Wildman–Crippen LogP) is 4.29. The van der Waals surface area contributed by atoms with Gasteiger partial charge in [-0.25, -0.2) is 4.39 Å². The summed E-state index contributed by atoms with van der Waals surface area (Å²) in [6.07, 6.45) is 3.30. The lowest BCUT2D eigenvalue weighted by Gasteiger charge is -2.19. The van der Waals surface area contributed by atoms with Crippen molar-refractivity contribution in [3.8, 4) is 0 Å². The molecule has 0 bridgehead atoms. The molecule has 1 amide bonds. The molecule has 4 heteroatoms. The molecule has 23 heavy (non-hydrogen) atoms. The minimum Gasteiger partial charge on any atom is -0.324 e. The van der Waals surface area contributed by atoms with Crippen LogP contribution in [0.3, 0.4) is 0 Å². The van der Waals surface area contributed by atoms with Gasteiger partial charge >= 0.3 is 0 Å². The maximum Gasteiger partial charge on any atom is 0.246 e. The Morgan fingerprint density at radius 2 is 1.74 bits per heavy atom. The van der Waals surface area contributed by atoms with Crippen molar-refractivity contribution in [3.63, 3.8) is 0 Å². The molecule has 0 aliphatic rings. The summed E-state index contributed by atoms with van der Waals surface area (Å²) in [6.45, 7) is 2.93. The molecule has 2 aromatic rings. The van der Waals surface area contributed by atoms with Crippen LogP contribution in [0.5, 0.6) is 0 Å². The van der Waals surface area contributed by atoms with Crippen LogP contribution in [-0.4, -0.2) is 12.5 Å². The van der Waals surface area contributed by atoms with Crippen molar-refractivity contribution < 1.29 is 9.18 Å². The van der Waals surface area contributed by atoms with Gasteiger partial charge in [-0.05, 0) is 42.8 Å². The van der Waals surface area contributed by atoms with Crippen molar-refractivity contribution in [3.05, 3.63) is 66.0 Å². The number of anilines is 1. The Morgan fingerprint density at radius 1 is 1.04 bits per heavy atom. The molecule has 0 spiro atoms. The molecule has 0 heterocycles. The molecule has 0 unspecified atom stereocenters. The molecule has 2 N–H and O–H groups in total. The summed E-state index contributed by atoms with van der Waals surface area (Å²) in [6, 6.07) is 15.0. The summed E-state index contributed by atoms with van der Waals surface area (Å²) in [4.78, 5) is 12.6. The molecular weight excluding hydrogens is 291 g/mol. The van der Waals surface area contributed by atoms with E-state index in [1.807, 2.05) is 30.3 Å². The van der Waals surface area contributed by atoms with E-state index < -0.39 is 6.04 Å². The summed E-state index contributed by atoms with van der Waals surface area (Å²) < 4.78 is 13.0. The number of nitrogens with one attached hydrogen (secondary N) is 2. The molecule has 0 aliphatic carbocycles. The monoisotopic (exact) mass is 314 g/mol. The van der Waals surface area contributed by atoms with E-state index >= 15 is 0 Å². The van der Waals surface area contributed by atoms with Gasteiger partial charge in [-0.15, -0.1) is 0 Å². The smallest absolute Gasteiger partial charge is 0.246 e. The lowest BCUT2D eigenvalue weighted by molar-refractivity contribution is -0.118. The van der Waals surface area contributed by atoms with Gasteiger partial charge in [-0.1, -0.05) is 50.1 Å². The predicted molar refractivity (Wildman–Crippen MR) is 91.7 cm³/mol. The second-order valence-electron chi connectivity index (χ2n) is 5.50. The first kappa shape index (κ1) is 17.2. The largest absolute Gasteiger partial charge is 0.324 e. The number of halogens is 1. The lowest BCUT2D eigenvalue weighted by atomic mass is 10.1. The van der Waals surface area contributed by atoms with Crippen molar-refractivity contribution in [2.24, 2.45) is 0 Å². The standard InChI is InChI=1S/C19H23FN2O/c1-2-3-7-14-21-18(15-8-5-4-6-9-15)19(23)22-17-12-10-16(20)11-13-17/h4-6,8-13,18,21H,2-3,7,14H2,1H3,(H,22,23)/t18-/m0/s1. The number of carbonyl (C=O) groups excluding carboxylic acids is 1. The Morgan fingerprint density at radius 3 is 2.39 bits per heavy atom. The lowest BCUT2D eigenvalue weighted by Crippen LogP contribution is -2.33. The fourth-order valence-electron chi connectivity index (χ4n) is 2.38. The van der Waals surface area contributed by atoms with E-state index in [1.54, 1.807) is 12.1 Å². The number of hydrogen-bond acceptors (Lipinski definition) is 2. The second kappa shape index (κ2) is 9.06. The van der Waals surface area contributed by atoms with E-state index in [0.717, 1.165) is 31.4 Å². The summed E-state index contributed by atoms with van der Waals surface area (Å²) in [5, 5.41) is 6.16. The van der Waals surface area contributed by atoms with Crippen LogP contribution in [0.15, 0.2) is 54.6 Å². The zero-order valence-corrected chi connectivity index (χ0v) is 13.4. The fraction of sp³-hybridized carbons (Fsp3) is 0.316. The highest BCUT2D eigenvalue weighted by molar-refractivity contribution is 5.95. The van der Waals surface area contributed by atoms with Crippen LogP contribution in [-0.2, 0) is 4.79 Å². The third-order valence-corrected chi connectivity index (χ3v) is 3.64. The number of hydrogen-bond donors (Lipinski definition) is 2. The maximum atomic E-state index is 13.0. The zero-order valence-electron chi connectivity index (χ0n) is 13.4. The number of carbonyl (C=O) groups is 1. The quantitative estimate of drug-likeness (QED) is 0.714. The Balaban J connectivity index is 2.05. The van der Waals surface area contributed by atoms with Gasteiger partial charge in [0.15, 0.2) is 0 Å². The van der Waals surface area contributed by atoms with E-state index in [1.165, 1.54) is 12.1 Å². The molecule has 0 fully saturated rings. The van der Waals surface area contributed by atoms with Crippen LogP contribution in [0.25, 0.3) is 0 Å². The highest BCUT2D eigenvalue weighted by atomic mass is 19.1. The van der Waals surface area contributed by atoms with E-state index in [0.29, 0.717) is 5.69 Å². The number of rotatable bonds is 8. The van der Waals surface area contributed by atoms with Crippen LogP contribution >= 0.6 is 0 Å². The van der Waals surface area contributed by atoms with Gasteiger partial charge < -0.3 is 10.6 Å². The van der Waals surface area contributed by atoms with Crippen LogP contribution in [0, 0.1) is 5.82 Å². The third-order valence-electron chi connectivity index (χ3n) is 3.64. The Labute approximate surface area is 136 Å². The van der Waals surface area contributed by atoms with Crippen molar-refractivity contribution in [2.75, 3.05) is 11.9 Å². The van der Waals surface area contributed by atoms with Crippen LogP contribution in [0.2, 0.25) is 0 Å². The van der Waals surface area contributed by atoms with Crippen LogP contribution in [0.1, 0.15) is 37.8 Å². The highest BCUT2D eigenvalue weighted by Gasteiger charge is 2.19. The molecule has 0 radical (unpaired) electrons. The third kappa shape index (κ3) is 5.49. The van der Waals surface area contributed by atoms with Crippen molar-refractivity contribution in [2.45, 2.75) is 32.2 Å². The van der Waals surface area contributed by atoms with Gasteiger partial charge in [0.05, 0.1) is 0 Å². The molecule has 3 nitrogen and oxygen atoms in total. The highest BCUT2D eigenvalue weighted by Crippen LogP contribution is 2.16. The van der Waals surface area contributed by atoms with E-state index in [9.17, 15) is 9.18 Å². The van der Waals surface area contributed by atoms with Gasteiger partial charge in [0.2, 0.25) is 5.91 Å². The number of benzene rings is 2. The molecule has 0 saturated heterocycles. The normalized spacial score (nSPS) is 11.9. The van der Waals surface area contributed by atoms with Gasteiger partial charge in [-0.3, -0.25) is 4.79 Å². The Kier molecular flexibility index (Phi) is 6.76. The fourth-order valence-corrected chi connectivity index (χ4v) is 2.38. The molecule has 2 aromatic carbocycles. The summed E-state index contributed by atoms with van der Waals surface area (Å²) >= 11 is 0. The summed E-state index contributed by atoms with van der Waals surface area (Å²) in [5.74, 6) is -0.459. The Bertz CT molecular complexity index is 599. The average molecular weight is 314 g/mol. The Hall–Kier alpha value is -2.20. The minimum atomic E-state index is -0.418. The first-order chi connectivity index (χ1) is 11.2. The van der Waals surface area contributed by atoms with E-state index in [4.69, 9.17) is 0 Å². The van der Waals surface area contributed by atoms with Gasteiger partial charge in [0.1, 0.15) is 11.9 Å². The maximum absolute atomic E-state index is 13.0. The van der Waals surface area contributed by atoms with Crippen molar-refractivity contribution in [1.29, 1.82) is 0 Å². The van der Waals surface area contributed by atoms with Crippen molar-refractivity contribution in [1.82, 2.24) is 5.32 Å². The first-order valence-corrected chi connectivity index (χ1v) is 8.05. The second-order valence-corrected chi connectivity index (χ2v) is 5.50. The zero-order chi connectivity index (χ0) is 16.5. The summed E-state index contributed by atoms with van der Waals surface area (Å²) in [7, 11) is 0. The molecule has 1 atom stereocenters. The van der Waals surface area contributed by atoms with E-state index in [-0.39, 0.29) is 11.7 Å². The first-order valence-electron chi connectivity index (χ1n) is 8.05. The summed E-state index contributed by atoms with van der Waals surface area (Å²) in [5.41, 5.74) is 1.51. The molecule has 122 valence electrons. The average Bonchev–Trinajstić information content (AvgIpc) is 2.58. The molecule has 0 aromatic heterocycles. The van der Waals surface area contributed by atoms with Crippen LogP contribution < -0.4 is 10.6 Å². The topological polar surface area (TPSA) is 41.1 Å². The van der Waals surface area contributed by atoms with Gasteiger partial charge in [0.25, 0.3) is 0 Å². The SMILES string of the molecule is CCCCCN[C@H](C(=O)Nc1ccc(F)cc1)c1ccccc1. The van der Waals surface area contributed by atoms with Gasteiger partial charge in [-0.2, -0.15) is 0 Å². The van der Waals surface area contributed by atoms with Crippen molar-refractivity contribution >= 4 is 11.6 Å². The molecule has 2 rings (SSSR count). The number of unbranched alkanes of at least 4 members (excludes halogenated alkanes) is 2. The molecular formula is C19H23FN2O. The van der Waals surface area contributed by atoms with E-state index in [2.05, 4.69) is 17.6 Å². The molecule has 0 aliphatic heterocycles.